The molecule has 1 aliphatic carbocycles. The maximum Gasteiger partial charge on any atom is 0.426 e. The largest absolute Gasteiger partial charge is 0.429 e. The average Bonchev–Trinajstić information content (AvgIpc) is 2.74. The van der Waals surface area contributed by atoms with Gasteiger partial charge >= 0.3 is 12.3 Å². The predicted octanol–water partition coefficient (Wildman–Crippen LogP) is 8.88. The molecule has 2 aromatic carbocycles. The highest BCUT2D eigenvalue weighted by Gasteiger charge is 2.36. The fourth-order valence-electron chi connectivity index (χ4n) is 3.77. The average molecular weight is 494 g/mol. The molecule has 3 rings (SSSR count). The van der Waals surface area contributed by atoms with Crippen molar-refractivity contribution in [3.8, 4) is 5.75 Å². The lowest BCUT2D eigenvalue weighted by molar-refractivity contribution is -0.185. The quantitative estimate of drug-likeness (QED) is 0.365. The Morgan fingerprint density at radius 2 is 1.59 bits per heavy atom. The van der Waals surface area contributed by atoms with Crippen LogP contribution in [0.4, 0.5) is 39.5 Å². The number of hydrogen-bond acceptors (Lipinski definition) is 1. The molecule has 0 aromatic heterocycles. The zero-order chi connectivity index (χ0) is 25.3. The molecule has 2 unspecified atom stereocenters. The van der Waals surface area contributed by atoms with E-state index in [0.717, 1.165) is 12.1 Å². The van der Waals surface area contributed by atoms with Gasteiger partial charge in [-0.25, -0.2) is 17.6 Å². The number of hydrogen-bond donors (Lipinski definition) is 0. The van der Waals surface area contributed by atoms with Gasteiger partial charge in [-0.05, 0) is 49.1 Å². The molecule has 2 aromatic rings. The van der Waals surface area contributed by atoms with Gasteiger partial charge in [-0.1, -0.05) is 19.1 Å². The van der Waals surface area contributed by atoms with Crippen molar-refractivity contribution in [2.24, 2.45) is 5.92 Å². The van der Waals surface area contributed by atoms with Gasteiger partial charge in [0, 0.05) is 23.5 Å². The van der Waals surface area contributed by atoms with Crippen LogP contribution in [0.2, 0.25) is 0 Å². The van der Waals surface area contributed by atoms with Crippen molar-refractivity contribution in [3.63, 3.8) is 0 Å². The number of halogens is 9. The molecule has 0 spiro atoms. The highest BCUT2D eigenvalue weighted by Crippen LogP contribution is 2.43. The highest BCUT2D eigenvalue weighted by atomic mass is 19.4. The van der Waals surface area contributed by atoms with Crippen LogP contribution in [-0.2, 0) is 6.11 Å². The van der Waals surface area contributed by atoms with Gasteiger partial charge in [0.1, 0.15) is 29.0 Å². The van der Waals surface area contributed by atoms with E-state index >= 15 is 0 Å². The Morgan fingerprint density at radius 3 is 2.15 bits per heavy atom. The van der Waals surface area contributed by atoms with Gasteiger partial charge in [-0.2, -0.15) is 22.0 Å². The van der Waals surface area contributed by atoms with E-state index in [1.54, 1.807) is 6.92 Å². The Hall–Kier alpha value is -2.91. The monoisotopic (exact) mass is 494 g/mol. The number of allylic oxidation sites excluding steroid dienone is 3. The molecule has 0 heterocycles. The topological polar surface area (TPSA) is 9.23 Å². The minimum Gasteiger partial charge on any atom is -0.429 e. The first kappa shape index (κ1) is 25.7. The summed E-state index contributed by atoms with van der Waals surface area (Å²) in [4.78, 5) is 0. The number of ether oxygens (including phenoxy) is 1. The smallest absolute Gasteiger partial charge is 0.426 e. The summed E-state index contributed by atoms with van der Waals surface area (Å²) in [6.07, 6.45) is -8.63. The minimum absolute atomic E-state index is 0.295. The van der Waals surface area contributed by atoms with Crippen LogP contribution in [0.25, 0.3) is 5.83 Å². The first-order valence-electron chi connectivity index (χ1n) is 10.3. The molecule has 2 atom stereocenters. The second-order valence-electron chi connectivity index (χ2n) is 7.85. The molecule has 0 bridgehead atoms. The summed E-state index contributed by atoms with van der Waals surface area (Å²) in [7, 11) is 0. The van der Waals surface area contributed by atoms with Gasteiger partial charge in [0.25, 0.3) is 0 Å². The molecular weight excluding hydrogens is 475 g/mol. The van der Waals surface area contributed by atoms with Crippen LogP contribution in [0.3, 0.4) is 0 Å². The van der Waals surface area contributed by atoms with E-state index in [-0.39, 0.29) is 0 Å². The van der Waals surface area contributed by atoms with Gasteiger partial charge in [-0.3, -0.25) is 0 Å². The number of alkyl halides is 5. The maximum atomic E-state index is 14.5. The van der Waals surface area contributed by atoms with Gasteiger partial charge in [0.05, 0.1) is 11.6 Å². The second kappa shape index (κ2) is 9.76. The van der Waals surface area contributed by atoms with Crippen molar-refractivity contribution in [2.45, 2.75) is 44.4 Å². The molecule has 0 saturated carbocycles. The third kappa shape index (κ3) is 5.77. The molecule has 0 saturated heterocycles. The minimum atomic E-state index is -5.04. The van der Waals surface area contributed by atoms with Gasteiger partial charge in [0.15, 0.2) is 0 Å². The third-order valence-corrected chi connectivity index (χ3v) is 5.57. The summed E-state index contributed by atoms with van der Waals surface area (Å²) in [5.74, 6) is -7.37. The van der Waals surface area contributed by atoms with Crippen LogP contribution in [0.1, 0.15) is 48.8 Å². The van der Waals surface area contributed by atoms with Crippen molar-refractivity contribution in [2.75, 3.05) is 0 Å². The Labute approximate surface area is 189 Å². The summed E-state index contributed by atoms with van der Waals surface area (Å²) in [5.41, 5.74) is -1.46. The standard InChI is InChI=1S/C24H19F9O/c1-2-13-5-9-17(22(28)21(13)27)14-3-6-15(7-4-14)24(32,33)34-16-8-10-18(19(25)11-16)20(26)12-23(29,30)31/h3-4,6-8,10-13,17H,2,5,9H2,1H3/b20-12-. The van der Waals surface area contributed by atoms with Crippen molar-refractivity contribution in [1.82, 2.24) is 0 Å². The van der Waals surface area contributed by atoms with Crippen molar-refractivity contribution < 1.29 is 44.3 Å². The lowest BCUT2D eigenvalue weighted by Gasteiger charge is -2.26. The molecule has 10 heteroatoms. The molecule has 34 heavy (non-hydrogen) atoms. The van der Waals surface area contributed by atoms with Crippen LogP contribution in [0.5, 0.6) is 5.75 Å². The van der Waals surface area contributed by atoms with Crippen LogP contribution in [0.15, 0.2) is 60.2 Å². The lowest BCUT2D eigenvalue weighted by Crippen LogP contribution is -2.22. The van der Waals surface area contributed by atoms with Gasteiger partial charge in [-0.15, -0.1) is 0 Å². The van der Waals surface area contributed by atoms with Gasteiger partial charge < -0.3 is 4.74 Å². The first-order valence-corrected chi connectivity index (χ1v) is 10.3. The van der Waals surface area contributed by atoms with Crippen molar-refractivity contribution in [1.29, 1.82) is 0 Å². The molecule has 1 nitrogen and oxygen atoms in total. The summed E-state index contributed by atoms with van der Waals surface area (Å²) in [6.45, 7) is 1.74. The Kier molecular flexibility index (Phi) is 7.38. The molecule has 0 fully saturated rings. The predicted molar refractivity (Wildman–Crippen MR) is 108 cm³/mol. The lowest BCUT2D eigenvalue weighted by atomic mass is 9.81. The summed E-state index contributed by atoms with van der Waals surface area (Å²) >= 11 is 0. The van der Waals surface area contributed by atoms with E-state index in [0.29, 0.717) is 43.0 Å². The third-order valence-electron chi connectivity index (χ3n) is 5.57. The second-order valence-corrected chi connectivity index (χ2v) is 7.85. The maximum absolute atomic E-state index is 14.5. The van der Waals surface area contributed by atoms with Gasteiger partial charge in [0.2, 0.25) is 0 Å². The summed E-state index contributed by atoms with van der Waals surface area (Å²) in [6, 6.07) is 5.87. The van der Waals surface area contributed by atoms with E-state index in [1.807, 2.05) is 0 Å². The molecule has 0 N–H and O–H groups in total. The van der Waals surface area contributed by atoms with E-state index < -0.39 is 70.4 Å². The molecule has 184 valence electrons. The zero-order valence-corrected chi connectivity index (χ0v) is 17.7. The van der Waals surface area contributed by atoms with Crippen molar-refractivity contribution >= 4 is 5.83 Å². The van der Waals surface area contributed by atoms with Crippen LogP contribution in [0, 0.1) is 11.7 Å². The first-order chi connectivity index (χ1) is 15.8. The summed E-state index contributed by atoms with van der Waals surface area (Å²) in [5, 5.41) is 0. The molecule has 0 aliphatic heterocycles. The number of rotatable bonds is 6. The fraction of sp³-hybridized carbons (Fsp3) is 0.333. The van der Waals surface area contributed by atoms with Crippen molar-refractivity contribution in [3.05, 3.63) is 82.7 Å². The van der Waals surface area contributed by atoms with E-state index in [9.17, 15) is 39.5 Å². The molecule has 1 aliphatic rings. The van der Waals surface area contributed by atoms with E-state index in [1.165, 1.54) is 12.1 Å². The van der Waals surface area contributed by atoms with Crippen LogP contribution in [-0.4, -0.2) is 6.18 Å². The van der Waals surface area contributed by atoms with E-state index in [4.69, 9.17) is 0 Å². The van der Waals surface area contributed by atoms with Crippen LogP contribution >= 0.6 is 0 Å². The van der Waals surface area contributed by atoms with E-state index in [2.05, 4.69) is 4.74 Å². The molecule has 0 radical (unpaired) electrons. The number of benzene rings is 2. The Balaban J connectivity index is 1.78. The zero-order valence-electron chi connectivity index (χ0n) is 17.7. The molecule has 0 amide bonds. The fourth-order valence-corrected chi connectivity index (χ4v) is 3.77. The summed E-state index contributed by atoms with van der Waals surface area (Å²) < 4.78 is 126. The normalized spacial score (nSPS) is 20.0. The SMILES string of the molecule is CCC1CCC(c2ccc(C(F)(F)Oc3ccc(/C(F)=C/C(F)(F)F)c(F)c3)cc2)C(F)=C1F. The Morgan fingerprint density at radius 1 is 0.941 bits per heavy atom. The Bertz CT molecular complexity index is 1080. The van der Waals surface area contributed by atoms with Crippen LogP contribution < -0.4 is 4.74 Å². The highest BCUT2D eigenvalue weighted by molar-refractivity contribution is 5.61. The molecular formula is C24H19F9O.